The predicted molar refractivity (Wildman–Crippen MR) is 132 cm³/mol. The van der Waals surface area contributed by atoms with Crippen molar-refractivity contribution in [3.05, 3.63) is 101 Å². The molecule has 1 aromatic heterocycles. The molecule has 0 saturated carbocycles. The second-order valence-electron chi connectivity index (χ2n) is 8.55. The number of nitrogens with one attached hydrogen (secondary N) is 2. The average molecular weight is 454 g/mol. The first-order chi connectivity index (χ1) is 16.6. The Hall–Kier alpha value is -4.13. The molecule has 1 amide bonds. The van der Waals surface area contributed by atoms with Gasteiger partial charge in [-0.05, 0) is 42.2 Å². The maximum absolute atomic E-state index is 12.7. The largest absolute Gasteiger partial charge is 0.497 e. The Labute approximate surface area is 198 Å². The van der Waals surface area contributed by atoms with E-state index in [1.54, 1.807) is 7.11 Å². The summed E-state index contributed by atoms with van der Waals surface area (Å²) >= 11 is 0. The molecule has 7 nitrogen and oxygen atoms in total. The first-order valence-electron chi connectivity index (χ1n) is 11.4. The molecule has 3 aromatic carbocycles. The van der Waals surface area contributed by atoms with Gasteiger partial charge in [-0.1, -0.05) is 72.3 Å². The highest BCUT2D eigenvalue weighted by atomic mass is 16.5. The van der Waals surface area contributed by atoms with Gasteiger partial charge < -0.3 is 10.1 Å². The molecular formula is C27H27N5O2. The Morgan fingerprint density at radius 3 is 2.47 bits per heavy atom. The molecule has 4 aromatic rings. The minimum absolute atomic E-state index is 0.00323. The number of ether oxygens (including phenoxy) is 1. The molecular weight excluding hydrogens is 426 g/mol. The summed E-state index contributed by atoms with van der Waals surface area (Å²) in [5.41, 5.74) is 4.47. The number of hydrogen-bond donors (Lipinski definition) is 2. The van der Waals surface area contributed by atoms with Crippen LogP contribution in [0.1, 0.15) is 40.8 Å². The number of anilines is 2. The molecule has 7 heteroatoms. The Balaban J connectivity index is 1.39. The molecule has 2 N–H and O–H groups in total. The summed E-state index contributed by atoms with van der Waals surface area (Å²) in [6, 6.07) is 26.4. The van der Waals surface area contributed by atoms with Crippen molar-refractivity contribution in [1.82, 2.24) is 14.8 Å². The molecule has 0 radical (unpaired) electrons. The van der Waals surface area contributed by atoms with E-state index in [1.165, 1.54) is 11.1 Å². The molecule has 0 aliphatic carbocycles. The van der Waals surface area contributed by atoms with Crippen molar-refractivity contribution < 1.29 is 9.53 Å². The Morgan fingerprint density at radius 2 is 1.76 bits per heavy atom. The van der Waals surface area contributed by atoms with Gasteiger partial charge in [0.25, 0.3) is 5.95 Å². The van der Waals surface area contributed by atoms with Gasteiger partial charge in [0.1, 0.15) is 5.75 Å². The number of methoxy groups -OCH3 is 1. The average Bonchev–Trinajstić information content (AvgIpc) is 3.27. The van der Waals surface area contributed by atoms with Crippen LogP contribution in [-0.2, 0) is 11.2 Å². The Bertz CT molecular complexity index is 1270. The topological polar surface area (TPSA) is 81.1 Å². The van der Waals surface area contributed by atoms with Crippen LogP contribution in [0, 0.1) is 6.92 Å². The molecule has 1 aliphatic rings. The predicted octanol–water partition coefficient (Wildman–Crippen LogP) is 4.92. The lowest BCUT2D eigenvalue weighted by atomic mass is 9.93. The number of aryl methyl sites for hydroxylation is 1. The van der Waals surface area contributed by atoms with Crippen LogP contribution in [0.15, 0.2) is 78.9 Å². The number of carbonyl (C=O) groups is 1. The Morgan fingerprint density at radius 1 is 1.03 bits per heavy atom. The summed E-state index contributed by atoms with van der Waals surface area (Å²) in [5.74, 6) is 1.53. The van der Waals surface area contributed by atoms with Gasteiger partial charge in [-0.15, -0.1) is 5.10 Å². The maximum atomic E-state index is 12.7. The molecule has 0 spiro atoms. The number of benzene rings is 3. The van der Waals surface area contributed by atoms with Gasteiger partial charge in [0.15, 0.2) is 0 Å². The van der Waals surface area contributed by atoms with Gasteiger partial charge in [-0.25, -0.2) is 4.68 Å². The lowest BCUT2D eigenvalue weighted by Gasteiger charge is -2.31. The van der Waals surface area contributed by atoms with E-state index in [1.807, 2.05) is 47.1 Å². The zero-order valence-corrected chi connectivity index (χ0v) is 19.2. The smallest absolute Gasteiger partial charge is 0.250 e. The number of rotatable bonds is 6. The molecule has 172 valence electrons. The number of nitrogens with zero attached hydrogens (tertiary/aromatic N) is 3. The summed E-state index contributed by atoms with van der Waals surface area (Å²) < 4.78 is 7.06. The molecule has 0 saturated heterocycles. The number of amides is 1. The van der Waals surface area contributed by atoms with Crippen LogP contribution >= 0.6 is 0 Å². The van der Waals surface area contributed by atoms with Crippen LogP contribution in [0.25, 0.3) is 0 Å². The van der Waals surface area contributed by atoms with E-state index in [0.717, 1.165) is 23.3 Å². The second-order valence-corrected chi connectivity index (χ2v) is 8.55. The highest BCUT2D eigenvalue weighted by Crippen LogP contribution is 2.38. The first kappa shape index (κ1) is 21.7. The minimum atomic E-state index is -0.167. The fourth-order valence-corrected chi connectivity index (χ4v) is 4.30. The van der Waals surface area contributed by atoms with E-state index in [2.05, 4.69) is 64.0 Å². The Kier molecular flexibility index (Phi) is 5.99. The van der Waals surface area contributed by atoms with Gasteiger partial charge in [-0.3, -0.25) is 10.1 Å². The standard InChI is InChI=1S/C27H27N5O2/c1-18-8-12-20(13-9-18)23-17-24(21-6-4-3-5-7-21)32-27(28-23)30-26(31-32)29-25(33)16-19-10-14-22(34-2)15-11-19/h3-15,23-24H,16-17H2,1-2H3,(H2,28,29,30,31,33)/t23-,24-/m0/s1. The van der Waals surface area contributed by atoms with Gasteiger partial charge >= 0.3 is 0 Å². The molecule has 1 aliphatic heterocycles. The van der Waals surface area contributed by atoms with Crippen molar-refractivity contribution in [2.75, 3.05) is 17.7 Å². The van der Waals surface area contributed by atoms with Gasteiger partial charge in [0.05, 0.1) is 25.6 Å². The molecule has 5 rings (SSSR count). The van der Waals surface area contributed by atoms with Crippen molar-refractivity contribution in [3.63, 3.8) is 0 Å². The SMILES string of the molecule is COc1ccc(CC(=O)Nc2nc3n(n2)[C@H](c2ccccc2)C[C@@H](c2ccc(C)cc2)N3)cc1. The summed E-state index contributed by atoms with van der Waals surface area (Å²) in [6.07, 6.45) is 1.05. The molecule has 34 heavy (non-hydrogen) atoms. The highest BCUT2D eigenvalue weighted by molar-refractivity contribution is 5.90. The van der Waals surface area contributed by atoms with Gasteiger partial charge in [0, 0.05) is 0 Å². The molecule has 2 heterocycles. The second kappa shape index (κ2) is 9.39. The zero-order valence-electron chi connectivity index (χ0n) is 19.2. The minimum Gasteiger partial charge on any atom is -0.497 e. The third kappa shape index (κ3) is 4.64. The highest BCUT2D eigenvalue weighted by Gasteiger charge is 2.31. The summed E-state index contributed by atoms with van der Waals surface area (Å²) in [7, 11) is 1.62. The van der Waals surface area contributed by atoms with E-state index in [9.17, 15) is 4.79 Å². The van der Waals surface area contributed by atoms with Crippen LogP contribution < -0.4 is 15.4 Å². The third-order valence-corrected chi connectivity index (χ3v) is 6.13. The molecule has 2 atom stereocenters. The molecule has 0 fully saturated rings. The van der Waals surface area contributed by atoms with Crippen LogP contribution in [-0.4, -0.2) is 27.8 Å². The number of fused-ring (bicyclic) bond motifs is 1. The van der Waals surface area contributed by atoms with E-state index in [4.69, 9.17) is 4.74 Å². The van der Waals surface area contributed by atoms with Gasteiger partial charge in [-0.2, -0.15) is 4.98 Å². The quantitative estimate of drug-likeness (QED) is 0.433. The van der Waals surface area contributed by atoms with Crippen LogP contribution in [0.4, 0.5) is 11.9 Å². The molecule has 0 bridgehead atoms. The monoisotopic (exact) mass is 453 g/mol. The third-order valence-electron chi connectivity index (χ3n) is 6.13. The van der Waals surface area contributed by atoms with Crippen molar-refractivity contribution in [1.29, 1.82) is 0 Å². The fraction of sp³-hybridized carbons (Fsp3) is 0.222. The number of carbonyl (C=O) groups excluding carboxylic acids is 1. The summed E-state index contributed by atoms with van der Waals surface area (Å²) in [6.45, 7) is 2.09. The van der Waals surface area contributed by atoms with Crippen molar-refractivity contribution in [2.24, 2.45) is 0 Å². The maximum Gasteiger partial charge on any atom is 0.250 e. The van der Waals surface area contributed by atoms with Crippen molar-refractivity contribution in [2.45, 2.75) is 31.8 Å². The van der Waals surface area contributed by atoms with Crippen molar-refractivity contribution >= 4 is 17.8 Å². The van der Waals surface area contributed by atoms with Gasteiger partial charge in [0.2, 0.25) is 11.9 Å². The van der Waals surface area contributed by atoms with E-state index in [-0.39, 0.29) is 24.4 Å². The van der Waals surface area contributed by atoms with Crippen LogP contribution in [0.3, 0.4) is 0 Å². The summed E-state index contributed by atoms with van der Waals surface area (Å²) in [5, 5.41) is 11.0. The number of hydrogen-bond acceptors (Lipinski definition) is 5. The summed E-state index contributed by atoms with van der Waals surface area (Å²) in [4.78, 5) is 17.3. The lowest BCUT2D eigenvalue weighted by molar-refractivity contribution is -0.115. The van der Waals surface area contributed by atoms with E-state index in [0.29, 0.717) is 11.9 Å². The zero-order chi connectivity index (χ0) is 23.5. The normalized spacial score (nSPS) is 16.9. The molecule has 0 unspecified atom stereocenters. The number of aromatic nitrogens is 3. The lowest BCUT2D eigenvalue weighted by Crippen LogP contribution is -2.28. The van der Waals surface area contributed by atoms with Crippen molar-refractivity contribution in [3.8, 4) is 5.75 Å². The first-order valence-corrected chi connectivity index (χ1v) is 11.4. The fourth-order valence-electron chi connectivity index (χ4n) is 4.30. The van der Waals surface area contributed by atoms with Crippen LogP contribution in [0.2, 0.25) is 0 Å². The van der Waals surface area contributed by atoms with E-state index < -0.39 is 0 Å². The van der Waals surface area contributed by atoms with Crippen LogP contribution in [0.5, 0.6) is 5.75 Å². The van der Waals surface area contributed by atoms with E-state index >= 15 is 0 Å².